The molecule has 7 nitrogen and oxygen atoms in total. The molecule has 0 amide bonds. The Bertz CT molecular complexity index is 1280. The molecule has 1 heterocycles. The molecule has 36 heavy (non-hydrogen) atoms. The fourth-order valence-corrected chi connectivity index (χ4v) is 5.98. The van der Waals surface area contributed by atoms with E-state index in [1.165, 1.54) is 28.1 Å². The quantitative estimate of drug-likeness (QED) is 0.423. The lowest BCUT2D eigenvalue weighted by Crippen LogP contribution is -2.46. The van der Waals surface area contributed by atoms with Crippen molar-refractivity contribution in [1.29, 1.82) is 0 Å². The minimum Gasteiger partial charge on any atom is -0.493 e. The molecule has 1 fully saturated rings. The number of anilines is 2. The molecule has 0 N–H and O–H groups in total. The van der Waals surface area contributed by atoms with Crippen molar-refractivity contribution in [3.63, 3.8) is 0 Å². The largest absolute Gasteiger partial charge is 0.493 e. The summed E-state index contributed by atoms with van der Waals surface area (Å²) in [6.07, 6.45) is 0. The number of rotatable bonds is 9. The highest BCUT2D eigenvalue weighted by Gasteiger charge is 2.24. The summed E-state index contributed by atoms with van der Waals surface area (Å²) >= 11 is 0. The third-order valence-corrected chi connectivity index (χ3v) is 8.30. The summed E-state index contributed by atoms with van der Waals surface area (Å²) < 4.78 is 51.9. The van der Waals surface area contributed by atoms with Crippen LogP contribution in [0.25, 0.3) is 0 Å². The van der Waals surface area contributed by atoms with Crippen molar-refractivity contribution in [2.24, 2.45) is 0 Å². The van der Waals surface area contributed by atoms with Crippen molar-refractivity contribution in [3.8, 4) is 11.5 Å². The van der Waals surface area contributed by atoms with Gasteiger partial charge in [-0.25, -0.2) is 12.8 Å². The van der Waals surface area contributed by atoms with Crippen molar-refractivity contribution < 1.29 is 22.3 Å². The van der Waals surface area contributed by atoms with E-state index in [1.54, 1.807) is 21.1 Å². The fourth-order valence-electron chi connectivity index (χ4n) is 4.48. The van der Waals surface area contributed by atoms with Crippen LogP contribution in [-0.4, -0.2) is 60.3 Å². The maximum absolute atomic E-state index is 13.6. The van der Waals surface area contributed by atoms with Crippen molar-refractivity contribution in [3.05, 3.63) is 78.1 Å². The second-order valence-corrected chi connectivity index (χ2v) is 10.5. The van der Waals surface area contributed by atoms with Gasteiger partial charge in [0.1, 0.15) is 5.82 Å². The average Bonchev–Trinajstić information content (AvgIpc) is 2.90. The SMILES string of the molecule is CCN(c1ccc(N2CCN(Cc3ccc(OC)c(OC)c3)CC2)cc1)S(=O)(=O)c1cccc(F)c1. The molecule has 4 rings (SSSR count). The Labute approximate surface area is 212 Å². The van der Waals surface area contributed by atoms with Crippen LogP contribution in [0.2, 0.25) is 0 Å². The number of hydrogen-bond donors (Lipinski definition) is 0. The summed E-state index contributed by atoms with van der Waals surface area (Å²) in [6.45, 7) is 6.39. The van der Waals surface area contributed by atoms with Crippen LogP contribution in [0, 0.1) is 5.82 Å². The zero-order valence-corrected chi connectivity index (χ0v) is 21.7. The smallest absolute Gasteiger partial charge is 0.264 e. The molecular weight excluding hydrogens is 481 g/mol. The third kappa shape index (κ3) is 5.57. The molecule has 0 unspecified atom stereocenters. The first-order chi connectivity index (χ1) is 17.3. The predicted octanol–water partition coefficient (Wildman–Crippen LogP) is 4.38. The minimum absolute atomic E-state index is 0.0565. The lowest BCUT2D eigenvalue weighted by atomic mass is 10.1. The van der Waals surface area contributed by atoms with Gasteiger partial charge in [0.25, 0.3) is 10.0 Å². The van der Waals surface area contributed by atoms with Gasteiger partial charge in [-0.3, -0.25) is 9.21 Å². The van der Waals surface area contributed by atoms with Crippen LogP contribution in [0.3, 0.4) is 0 Å². The van der Waals surface area contributed by atoms with Gasteiger partial charge in [-0.1, -0.05) is 12.1 Å². The second kappa shape index (κ2) is 11.2. The number of hydrogen-bond acceptors (Lipinski definition) is 6. The number of piperazine rings is 1. The van der Waals surface area contributed by atoms with Gasteiger partial charge >= 0.3 is 0 Å². The number of sulfonamides is 1. The summed E-state index contributed by atoms with van der Waals surface area (Å²) in [7, 11) is -0.582. The monoisotopic (exact) mass is 513 g/mol. The molecule has 0 aromatic heterocycles. The summed E-state index contributed by atoms with van der Waals surface area (Å²) in [5.74, 6) is 0.877. The number of nitrogens with zero attached hydrogens (tertiary/aromatic N) is 3. The van der Waals surface area contributed by atoms with Gasteiger partial charge in [-0.15, -0.1) is 0 Å². The molecule has 0 radical (unpaired) electrons. The number of ether oxygens (including phenoxy) is 2. The molecule has 1 aliphatic rings. The van der Waals surface area contributed by atoms with Gasteiger partial charge in [0.2, 0.25) is 0 Å². The second-order valence-electron chi connectivity index (χ2n) is 8.60. The molecular formula is C27H32FN3O4S. The molecule has 3 aromatic carbocycles. The van der Waals surface area contributed by atoms with E-state index in [2.05, 4.69) is 15.9 Å². The number of methoxy groups -OCH3 is 2. The lowest BCUT2D eigenvalue weighted by molar-refractivity contribution is 0.249. The fraction of sp³-hybridized carbons (Fsp3) is 0.333. The molecule has 0 bridgehead atoms. The molecule has 192 valence electrons. The first-order valence-corrected chi connectivity index (χ1v) is 13.4. The highest BCUT2D eigenvalue weighted by Crippen LogP contribution is 2.29. The predicted molar refractivity (Wildman–Crippen MR) is 140 cm³/mol. The average molecular weight is 514 g/mol. The van der Waals surface area contributed by atoms with E-state index in [-0.39, 0.29) is 11.4 Å². The van der Waals surface area contributed by atoms with Gasteiger partial charge < -0.3 is 14.4 Å². The maximum atomic E-state index is 13.6. The van der Waals surface area contributed by atoms with Crippen LogP contribution in [0.5, 0.6) is 11.5 Å². The van der Waals surface area contributed by atoms with E-state index in [1.807, 2.05) is 36.4 Å². The molecule has 3 aromatic rings. The first-order valence-electron chi connectivity index (χ1n) is 11.9. The van der Waals surface area contributed by atoms with Crippen molar-refractivity contribution >= 4 is 21.4 Å². The Hall–Kier alpha value is -3.30. The molecule has 0 spiro atoms. The minimum atomic E-state index is -3.85. The highest BCUT2D eigenvalue weighted by molar-refractivity contribution is 7.92. The first kappa shape index (κ1) is 25.8. The van der Waals surface area contributed by atoms with Crippen LogP contribution >= 0.6 is 0 Å². The Morgan fingerprint density at radius 1 is 0.889 bits per heavy atom. The van der Waals surface area contributed by atoms with Gasteiger partial charge in [-0.2, -0.15) is 0 Å². The summed E-state index contributed by atoms with van der Waals surface area (Å²) in [6, 6.07) is 18.6. The zero-order valence-electron chi connectivity index (χ0n) is 20.9. The summed E-state index contributed by atoms with van der Waals surface area (Å²) in [4.78, 5) is 4.64. The Balaban J connectivity index is 1.39. The van der Waals surface area contributed by atoms with Gasteiger partial charge in [0, 0.05) is 45.0 Å². The summed E-state index contributed by atoms with van der Waals surface area (Å²) in [5.41, 5.74) is 2.77. The van der Waals surface area contributed by atoms with Crippen LogP contribution in [0.15, 0.2) is 71.6 Å². The molecule has 0 atom stereocenters. The zero-order chi connectivity index (χ0) is 25.7. The lowest BCUT2D eigenvalue weighted by Gasteiger charge is -2.36. The normalized spacial score (nSPS) is 14.5. The standard InChI is InChI=1S/C27H32FN3O4S/c1-4-31(36(32,33)25-7-5-6-22(28)19-25)24-11-9-23(10-12-24)30-16-14-29(15-17-30)20-21-8-13-26(34-2)27(18-21)35-3/h5-13,18-19H,4,14-17,20H2,1-3H3. The topological polar surface area (TPSA) is 62.3 Å². The Morgan fingerprint density at radius 3 is 2.19 bits per heavy atom. The maximum Gasteiger partial charge on any atom is 0.264 e. The molecule has 9 heteroatoms. The Morgan fingerprint density at radius 2 is 1.58 bits per heavy atom. The van der Waals surface area contributed by atoms with Crippen LogP contribution in [0.4, 0.5) is 15.8 Å². The van der Waals surface area contributed by atoms with E-state index < -0.39 is 15.8 Å². The van der Waals surface area contributed by atoms with Crippen LogP contribution < -0.4 is 18.7 Å². The number of benzene rings is 3. The summed E-state index contributed by atoms with van der Waals surface area (Å²) in [5, 5.41) is 0. The van der Waals surface area contributed by atoms with Crippen molar-refractivity contribution in [2.75, 3.05) is 56.1 Å². The van der Waals surface area contributed by atoms with E-state index >= 15 is 0 Å². The Kier molecular flexibility index (Phi) is 8.01. The van der Waals surface area contributed by atoms with E-state index in [9.17, 15) is 12.8 Å². The molecule has 0 saturated carbocycles. The van der Waals surface area contributed by atoms with Crippen molar-refractivity contribution in [2.45, 2.75) is 18.4 Å². The van der Waals surface area contributed by atoms with E-state index in [4.69, 9.17) is 9.47 Å². The molecule has 1 aliphatic heterocycles. The third-order valence-electron chi connectivity index (χ3n) is 6.40. The molecule has 0 aliphatic carbocycles. The number of halogens is 1. The van der Waals surface area contributed by atoms with Crippen LogP contribution in [-0.2, 0) is 16.6 Å². The van der Waals surface area contributed by atoms with Crippen molar-refractivity contribution in [1.82, 2.24) is 4.90 Å². The highest BCUT2D eigenvalue weighted by atomic mass is 32.2. The van der Waals surface area contributed by atoms with Gasteiger partial charge in [0.15, 0.2) is 11.5 Å². The van der Waals surface area contributed by atoms with E-state index in [0.717, 1.165) is 56.0 Å². The van der Waals surface area contributed by atoms with Gasteiger partial charge in [-0.05, 0) is 67.1 Å². The van der Waals surface area contributed by atoms with Crippen LogP contribution in [0.1, 0.15) is 12.5 Å². The molecule has 1 saturated heterocycles. The van der Waals surface area contributed by atoms with E-state index in [0.29, 0.717) is 5.69 Å². The van der Waals surface area contributed by atoms with Gasteiger partial charge in [0.05, 0.1) is 24.8 Å².